The molecule has 188 valence electrons. The van der Waals surface area contributed by atoms with E-state index >= 15 is 0 Å². The molecular formula is C31H34O5. The van der Waals surface area contributed by atoms with Crippen molar-refractivity contribution in [3.05, 3.63) is 72.3 Å². The standard InChI is InChI=1S/C31H34O5/c1-18-22-11-12-23-29-14-6-13-28(2,3)24(29)27(34)31(36-17-29,30(23,25(18)32)26(22)33)35-16-19-9-10-20-7-4-5-8-21(20)15-19/h4-10,14-15,22-24,26-27,33-34H,1,11-13,16-17H2,2-3H3/t22-,23-,24+,26+,27-,29+,30-,31+/m0/s1. The van der Waals surface area contributed by atoms with Crippen LogP contribution in [0.15, 0.2) is 66.8 Å². The number of ether oxygens (including phenoxy) is 2. The molecule has 0 unspecified atom stereocenters. The molecule has 0 amide bonds. The van der Waals surface area contributed by atoms with Crippen LogP contribution in [-0.4, -0.2) is 40.6 Å². The summed E-state index contributed by atoms with van der Waals surface area (Å²) in [6, 6.07) is 14.3. The maximum Gasteiger partial charge on any atom is 0.211 e. The summed E-state index contributed by atoms with van der Waals surface area (Å²) in [5.74, 6) is -2.47. The lowest BCUT2D eigenvalue weighted by Crippen LogP contribution is -2.83. The van der Waals surface area contributed by atoms with Gasteiger partial charge in [0.05, 0.1) is 19.3 Å². The fraction of sp³-hybridized carbons (Fsp3) is 0.516. The van der Waals surface area contributed by atoms with Crippen molar-refractivity contribution in [2.24, 2.45) is 34.0 Å². The number of hydrogen-bond acceptors (Lipinski definition) is 5. The number of rotatable bonds is 3. The van der Waals surface area contributed by atoms with Gasteiger partial charge in [-0.3, -0.25) is 4.79 Å². The fourth-order valence-electron chi connectivity index (χ4n) is 9.15. The monoisotopic (exact) mass is 486 g/mol. The van der Waals surface area contributed by atoms with Gasteiger partial charge in [0.15, 0.2) is 5.78 Å². The zero-order chi connectivity index (χ0) is 25.1. The SMILES string of the molecule is C=C1C(=O)[C@]23[C@H](O)[C@H]1CC[C@H]2[C@]12C=CCC(C)(C)[C@H]1[C@H](O)[C@@]3(OCc1ccc3ccccc3c1)OC2. The summed E-state index contributed by atoms with van der Waals surface area (Å²) in [6.07, 6.45) is 4.65. The Kier molecular flexibility index (Phi) is 4.55. The number of aliphatic hydroxyl groups is 2. The third-order valence-electron chi connectivity index (χ3n) is 10.5. The Bertz CT molecular complexity index is 1330. The van der Waals surface area contributed by atoms with E-state index in [9.17, 15) is 15.0 Å². The van der Waals surface area contributed by atoms with Crippen LogP contribution in [0, 0.1) is 34.0 Å². The van der Waals surface area contributed by atoms with Gasteiger partial charge in [-0.25, -0.2) is 0 Å². The van der Waals surface area contributed by atoms with Crippen LogP contribution in [0.3, 0.4) is 0 Å². The Morgan fingerprint density at radius 3 is 2.67 bits per heavy atom. The van der Waals surface area contributed by atoms with Gasteiger partial charge in [-0.1, -0.05) is 69.0 Å². The normalized spacial score (nSPS) is 44.1. The van der Waals surface area contributed by atoms with E-state index in [1.807, 2.05) is 18.2 Å². The van der Waals surface area contributed by atoms with E-state index in [1.54, 1.807) is 0 Å². The highest BCUT2D eigenvalue weighted by Gasteiger charge is 2.86. The van der Waals surface area contributed by atoms with Crippen LogP contribution < -0.4 is 0 Å². The average molecular weight is 487 g/mol. The Morgan fingerprint density at radius 1 is 1.08 bits per heavy atom. The van der Waals surface area contributed by atoms with Crippen molar-refractivity contribution in [3.63, 3.8) is 0 Å². The number of Topliss-reactive ketones (excluding diaryl/α,β-unsaturated/α-hetero) is 1. The maximum absolute atomic E-state index is 14.2. The number of carbonyl (C=O) groups is 1. The van der Waals surface area contributed by atoms with Crippen LogP contribution in [0.25, 0.3) is 10.8 Å². The number of allylic oxidation sites excluding steroid dienone is 1. The molecule has 8 atom stereocenters. The minimum atomic E-state index is -1.63. The second-order valence-electron chi connectivity index (χ2n) is 12.5. The van der Waals surface area contributed by atoms with Gasteiger partial charge >= 0.3 is 0 Å². The van der Waals surface area contributed by atoms with Gasteiger partial charge in [0.2, 0.25) is 5.79 Å². The Morgan fingerprint density at radius 2 is 1.86 bits per heavy atom. The number of benzene rings is 2. The van der Waals surface area contributed by atoms with Crippen LogP contribution in [0.2, 0.25) is 0 Å². The molecule has 0 radical (unpaired) electrons. The number of aliphatic hydroxyl groups excluding tert-OH is 2. The molecule has 2 spiro atoms. The predicted molar refractivity (Wildman–Crippen MR) is 136 cm³/mol. The molecule has 8 rings (SSSR count). The molecule has 4 bridgehead atoms. The first-order chi connectivity index (χ1) is 17.2. The van der Waals surface area contributed by atoms with Gasteiger partial charge in [-0.05, 0) is 58.6 Å². The fourth-order valence-corrected chi connectivity index (χ4v) is 9.15. The van der Waals surface area contributed by atoms with Crippen molar-refractivity contribution in [1.82, 2.24) is 0 Å². The molecule has 2 aliphatic heterocycles. The van der Waals surface area contributed by atoms with E-state index in [1.165, 1.54) is 0 Å². The lowest BCUT2D eigenvalue weighted by Gasteiger charge is -2.73. The van der Waals surface area contributed by atoms with Crippen LogP contribution >= 0.6 is 0 Å². The van der Waals surface area contributed by atoms with Crippen LogP contribution in [-0.2, 0) is 20.9 Å². The minimum Gasteiger partial charge on any atom is -0.391 e. The maximum atomic E-state index is 14.2. The van der Waals surface area contributed by atoms with Crippen molar-refractivity contribution in [2.75, 3.05) is 6.61 Å². The first-order valence-electron chi connectivity index (χ1n) is 13.2. The minimum absolute atomic E-state index is 0.151. The molecule has 5 heteroatoms. The number of ketones is 1. The van der Waals surface area contributed by atoms with E-state index in [0.717, 1.165) is 35.6 Å². The van der Waals surface area contributed by atoms with Crippen LogP contribution in [0.1, 0.15) is 38.7 Å². The highest BCUT2D eigenvalue weighted by molar-refractivity contribution is 6.05. The smallest absolute Gasteiger partial charge is 0.211 e. The summed E-state index contributed by atoms with van der Waals surface area (Å²) in [4.78, 5) is 14.2. The molecule has 2 aromatic carbocycles. The first kappa shape index (κ1) is 22.9. The molecule has 4 aliphatic carbocycles. The highest BCUT2D eigenvalue weighted by atomic mass is 16.7. The van der Waals surface area contributed by atoms with Crippen molar-refractivity contribution in [1.29, 1.82) is 0 Å². The predicted octanol–water partition coefficient (Wildman–Crippen LogP) is 4.56. The molecule has 2 aromatic rings. The van der Waals surface area contributed by atoms with Crippen molar-refractivity contribution in [2.45, 2.75) is 57.7 Å². The van der Waals surface area contributed by atoms with Crippen molar-refractivity contribution >= 4 is 16.6 Å². The van der Waals surface area contributed by atoms with Crippen LogP contribution in [0.5, 0.6) is 0 Å². The third-order valence-corrected chi connectivity index (χ3v) is 10.5. The molecule has 3 saturated carbocycles. The lowest BCUT2D eigenvalue weighted by atomic mass is 9.37. The van der Waals surface area contributed by atoms with Crippen molar-refractivity contribution < 1.29 is 24.5 Å². The summed E-state index contributed by atoms with van der Waals surface area (Å²) < 4.78 is 13.3. The number of hydrogen-bond donors (Lipinski definition) is 2. The molecule has 2 heterocycles. The quantitative estimate of drug-likeness (QED) is 0.492. The summed E-state index contributed by atoms with van der Waals surface area (Å²) in [6.45, 7) is 9.03. The average Bonchev–Trinajstić information content (AvgIpc) is 2.96. The molecule has 5 nitrogen and oxygen atoms in total. The molecule has 2 saturated heterocycles. The second-order valence-corrected chi connectivity index (χ2v) is 12.5. The van der Waals surface area contributed by atoms with Gasteiger partial charge in [-0.2, -0.15) is 0 Å². The Hall–Kier alpha value is -2.31. The largest absolute Gasteiger partial charge is 0.391 e. The zero-order valence-electron chi connectivity index (χ0n) is 20.9. The zero-order valence-corrected chi connectivity index (χ0v) is 20.9. The van der Waals surface area contributed by atoms with Crippen molar-refractivity contribution in [3.8, 4) is 0 Å². The summed E-state index contributed by atoms with van der Waals surface area (Å²) in [5.41, 5.74) is -0.716. The van der Waals surface area contributed by atoms with E-state index in [-0.39, 0.29) is 35.6 Å². The molecule has 5 fully saturated rings. The molecule has 2 N–H and O–H groups in total. The summed E-state index contributed by atoms with van der Waals surface area (Å²) >= 11 is 0. The lowest BCUT2D eigenvalue weighted by molar-refractivity contribution is -0.450. The van der Waals surface area contributed by atoms with E-state index < -0.39 is 28.8 Å². The number of carbonyl (C=O) groups excluding carboxylic acids is 1. The van der Waals surface area contributed by atoms with Gasteiger partial charge in [0, 0.05) is 17.3 Å². The molecule has 0 aromatic heterocycles. The third kappa shape index (κ3) is 2.44. The van der Waals surface area contributed by atoms with Gasteiger partial charge in [0.25, 0.3) is 0 Å². The van der Waals surface area contributed by atoms with Gasteiger partial charge < -0.3 is 19.7 Å². The first-order valence-corrected chi connectivity index (χ1v) is 13.2. The second kappa shape index (κ2) is 7.16. The van der Waals surface area contributed by atoms with Gasteiger partial charge in [0.1, 0.15) is 11.5 Å². The topological polar surface area (TPSA) is 76.0 Å². The van der Waals surface area contributed by atoms with Gasteiger partial charge in [-0.15, -0.1) is 0 Å². The highest BCUT2D eigenvalue weighted by Crippen LogP contribution is 2.76. The summed E-state index contributed by atoms with van der Waals surface area (Å²) in [5, 5.41) is 26.3. The molecule has 36 heavy (non-hydrogen) atoms. The number of fused-ring (bicyclic) bond motifs is 3. The van der Waals surface area contributed by atoms with E-state index in [2.05, 4.69) is 56.8 Å². The summed E-state index contributed by atoms with van der Waals surface area (Å²) in [7, 11) is 0. The Labute approximate surface area is 211 Å². The molecule has 6 aliphatic rings. The Balaban J connectivity index is 1.39. The van der Waals surface area contributed by atoms with E-state index in [0.29, 0.717) is 12.2 Å². The van der Waals surface area contributed by atoms with Crippen LogP contribution in [0.4, 0.5) is 0 Å². The van der Waals surface area contributed by atoms with E-state index in [4.69, 9.17) is 9.47 Å². The molecular weight excluding hydrogens is 452 g/mol.